The zero-order valence-corrected chi connectivity index (χ0v) is 20.6. The van der Waals surface area contributed by atoms with Crippen molar-refractivity contribution in [3.63, 3.8) is 0 Å². The Morgan fingerprint density at radius 3 is 2.56 bits per heavy atom. The number of methoxy groups -OCH3 is 1. The molecule has 176 valence electrons. The Morgan fingerprint density at radius 1 is 1.15 bits per heavy atom. The molecule has 0 saturated heterocycles. The van der Waals surface area contributed by atoms with Gasteiger partial charge in [-0.05, 0) is 38.5 Å². The lowest BCUT2D eigenvalue weighted by Crippen LogP contribution is -2.16. The Hall–Kier alpha value is -3.64. The summed E-state index contributed by atoms with van der Waals surface area (Å²) < 4.78 is 20.5. The Balaban J connectivity index is 1.62. The summed E-state index contributed by atoms with van der Waals surface area (Å²) in [5.74, 6) is -0.283. The fourth-order valence-corrected chi connectivity index (χ4v) is 4.77. The Labute approximate surface area is 203 Å². The SMILES string of the molecule is CCOC(=O)c1c(-c2ccc(OC)cc2)csc1NC(=O)c1nnn(Cc2nsnc2C)c1C. The van der Waals surface area contributed by atoms with Gasteiger partial charge in [-0.1, -0.05) is 17.3 Å². The van der Waals surface area contributed by atoms with E-state index in [4.69, 9.17) is 9.47 Å². The van der Waals surface area contributed by atoms with Gasteiger partial charge < -0.3 is 14.8 Å². The van der Waals surface area contributed by atoms with Gasteiger partial charge in [-0.25, -0.2) is 9.48 Å². The first-order valence-electron chi connectivity index (χ1n) is 10.3. The monoisotopic (exact) mass is 498 g/mol. The third-order valence-corrected chi connectivity index (χ3v) is 6.70. The van der Waals surface area contributed by atoms with Crippen molar-refractivity contribution in [3.8, 4) is 16.9 Å². The largest absolute Gasteiger partial charge is 0.497 e. The van der Waals surface area contributed by atoms with Gasteiger partial charge in [0.25, 0.3) is 5.91 Å². The van der Waals surface area contributed by atoms with Crippen LogP contribution in [0.4, 0.5) is 5.00 Å². The van der Waals surface area contributed by atoms with E-state index in [-0.39, 0.29) is 12.3 Å². The molecule has 1 amide bonds. The molecule has 0 saturated carbocycles. The second-order valence-corrected chi connectivity index (χ2v) is 8.64. The summed E-state index contributed by atoms with van der Waals surface area (Å²) in [6.07, 6.45) is 0. The van der Waals surface area contributed by atoms with Crippen LogP contribution in [0.15, 0.2) is 29.6 Å². The number of ether oxygens (including phenoxy) is 2. The van der Waals surface area contributed by atoms with Crippen molar-refractivity contribution in [2.75, 3.05) is 19.0 Å². The lowest BCUT2D eigenvalue weighted by Gasteiger charge is -2.09. The lowest BCUT2D eigenvalue weighted by molar-refractivity contribution is 0.0529. The predicted octanol–water partition coefficient (Wildman–Crippen LogP) is 3.96. The van der Waals surface area contributed by atoms with Gasteiger partial charge in [0.1, 0.15) is 16.3 Å². The van der Waals surface area contributed by atoms with Crippen LogP contribution < -0.4 is 10.1 Å². The van der Waals surface area contributed by atoms with E-state index in [0.29, 0.717) is 34.1 Å². The molecule has 0 bridgehead atoms. The number of carbonyl (C=O) groups excluding carboxylic acids is 2. The van der Waals surface area contributed by atoms with Crippen LogP contribution >= 0.6 is 23.1 Å². The van der Waals surface area contributed by atoms with E-state index in [9.17, 15) is 9.59 Å². The molecule has 0 aliphatic rings. The quantitative estimate of drug-likeness (QED) is 0.362. The minimum atomic E-state index is -0.517. The van der Waals surface area contributed by atoms with Crippen LogP contribution in [-0.4, -0.2) is 49.3 Å². The van der Waals surface area contributed by atoms with Crippen molar-refractivity contribution in [2.24, 2.45) is 0 Å². The predicted molar refractivity (Wildman–Crippen MR) is 129 cm³/mol. The van der Waals surface area contributed by atoms with Crippen LogP contribution in [0.25, 0.3) is 11.1 Å². The molecule has 1 aromatic carbocycles. The number of rotatable bonds is 8. The fraction of sp³-hybridized carbons (Fsp3) is 0.273. The first-order valence-corrected chi connectivity index (χ1v) is 12.0. The highest BCUT2D eigenvalue weighted by molar-refractivity contribution is 7.15. The van der Waals surface area contributed by atoms with E-state index in [1.165, 1.54) is 11.3 Å². The molecular formula is C22H22N6O4S2. The summed E-state index contributed by atoms with van der Waals surface area (Å²) in [5, 5.41) is 13.1. The molecule has 0 radical (unpaired) electrons. The lowest BCUT2D eigenvalue weighted by atomic mass is 10.0. The highest BCUT2D eigenvalue weighted by atomic mass is 32.1. The molecule has 34 heavy (non-hydrogen) atoms. The minimum Gasteiger partial charge on any atom is -0.497 e. The summed E-state index contributed by atoms with van der Waals surface area (Å²) in [5.41, 5.74) is 4.08. The van der Waals surface area contributed by atoms with Crippen molar-refractivity contribution in [3.05, 3.63) is 58.0 Å². The summed E-state index contributed by atoms with van der Waals surface area (Å²) >= 11 is 2.37. The standard InChI is InChI=1S/C22H22N6O4S2/c1-5-32-22(30)18-16(14-6-8-15(31-4)9-7-14)11-33-21(18)23-20(29)19-13(3)28(27-24-19)10-17-12(2)25-34-26-17/h6-9,11H,5,10H2,1-4H3,(H,23,29). The number of hydrogen-bond acceptors (Lipinski definition) is 10. The van der Waals surface area contributed by atoms with Crippen LogP contribution in [0.3, 0.4) is 0 Å². The molecule has 0 unspecified atom stereocenters. The van der Waals surface area contributed by atoms with E-state index in [0.717, 1.165) is 28.7 Å². The van der Waals surface area contributed by atoms with Crippen molar-refractivity contribution >= 4 is 39.9 Å². The number of anilines is 1. The molecular weight excluding hydrogens is 476 g/mol. The number of aromatic nitrogens is 5. The zero-order valence-electron chi connectivity index (χ0n) is 19.0. The van der Waals surface area contributed by atoms with Crippen molar-refractivity contribution in [2.45, 2.75) is 27.3 Å². The third kappa shape index (κ3) is 4.68. The molecule has 4 rings (SSSR count). The van der Waals surface area contributed by atoms with Crippen LogP contribution in [-0.2, 0) is 11.3 Å². The first kappa shape index (κ1) is 23.5. The topological polar surface area (TPSA) is 121 Å². The van der Waals surface area contributed by atoms with Crippen LogP contribution in [0, 0.1) is 13.8 Å². The summed E-state index contributed by atoms with van der Waals surface area (Å²) in [7, 11) is 1.59. The maximum atomic E-state index is 13.1. The van der Waals surface area contributed by atoms with E-state index in [2.05, 4.69) is 24.4 Å². The highest BCUT2D eigenvalue weighted by Crippen LogP contribution is 2.37. The molecule has 0 aliphatic carbocycles. The first-order chi connectivity index (χ1) is 16.4. The number of nitrogens with zero attached hydrogens (tertiary/aromatic N) is 5. The average molecular weight is 499 g/mol. The number of carbonyl (C=O) groups is 2. The van der Waals surface area contributed by atoms with Gasteiger partial charge in [0, 0.05) is 10.9 Å². The molecule has 4 aromatic rings. The molecule has 0 atom stereocenters. The molecule has 0 aliphatic heterocycles. The molecule has 0 fully saturated rings. The van der Waals surface area contributed by atoms with Crippen molar-refractivity contribution < 1.29 is 19.1 Å². The van der Waals surface area contributed by atoms with Gasteiger partial charge in [-0.15, -0.1) is 16.4 Å². The van der Waals surface area contributed by atoms with Crippen LogP contribution in [0.5, 0.6) is 5.75 Å². The number of benzene rings is 1. The van der Waals surface area contributed by atoms with E-state index < -0.39 is 11.9 Å². The number of hydrogen-bond donors (Lipinski definition) is 1. The van der Waals surface area contributed by atoms with Crippen LogP contribution in [0.1, 0.15) is 44.9 Å². The smallest absolute Gasteiger partial charge is 0.341 e. The Morgan fingerprint density at radius 2 is 1.91 bits per heavy atom. The van der Waals surface area contributed by atoms with Gasteiger partial charge in [0.15, 0.2) is 5.69 Å². The number of nitrogens with one attached hydrogen (secondary N) is 1. The Bertz CT molecular complexity index is 1330. The molecule has 0 spiro atoms. The van der Waals surface area contributed by atoms with E-state index in [1.807, 2.05) is 24.4 Å². The minimum absolute atomic E-state index is 0.162. The number of amides is 1. The van der Waals surface area contributed by atoms with Gasteiger partial charge in [-0.2, -0.15) is 8.75 Å². The number of esters is 1. The second-order valence-electron chi connectivity index (χ2n) is 7.23. The number of thiophene rings is 1. The molecule has 1 N–H and O–H groups in total. The fourth-order valence-electron chi connectivity index (χ4n) is 3.26. The van der Waals surface area contributed by atoms with Gasteiger partial charge in [0.2, 0.25) is 0 Å². The maximum absolute atomic E-state index is 13.1. The van der Waals surface area contributed by atoms with Gasteiger partial charge >= 0.3 is 5.97 Å². The average Bonchev–Trinajstić information content (AvgIpc) is 3.54. The van der Waals surface area contributed by atoms with Crippen LogP contribution in [0.2, 0.25) is 0 Å². The number of aryl methyl sites for hydroxylation is 1. The van der Waals surface area contributed by atoms with Gasteiger partial charge in [0.05, 0.1) is 49.1 Å². The highest BCUT2D eigenvalue weighted by Gasteiger charge is 2.25. The third-order valence-electron chi connectivity index (χ3n) is 5.14. The van der Waals surface area contributed by atoms with Crippen molar-refractivity contribution in [1.82, 2.24) is 23.7 Å². The maximum Gasteiger partial charge on any atom is 0.341 e. The molecule has 3 aromatic heterocycles. The molecule has 3 heterocycles. The summed E-state index contributed by atoms with van der Waals surface area (Å²) in [6.45, 7) is 5.93. The zero-order chi connectivity index (χ0) is 24.2. The molecule has 12 heteroatoms. The van der Waals surface area contributed by atoms with Gasteiger partial charge in [-0.3, -0.25) is 4.79 Å². The van der Waals surface area contributed by atoms with E-state index in [1.54, 1.807) is 37.8 Å². The molecule has 10 nitrogen and oxygen atoms in total. The Kier molecular flexibility index (Phi) is 6.98. The summed E-state index contributed by atoms with van der Waals surface area (Å²) in [6, 6.07) is 7.31. The second kappa shape index (κ2) is 10.1. The van der Waals surface area contributed by atoms with E-state index >= 15 is 0 Å². The normalized spacial score (nSPS) is 10.8. The summed E-state index contributed by atoms with van der Waals surface area (Å²) in [4.78, 5) is 25.9. The van der Waals surface area contributed by atoms with Crippen molar-refractivity contribution in [1.29, 1.82) is 0 Å².